The van der Waals surface area contributed by atoms with Crippen LogP contribution in [-0.2, 0) is 0 Å². The SMILES string of the molecule is CCCCCCCCCCCCOc1ccc(-c2cc(-c3ccc(/C=C/c4ccc(/C=C/c5ccc(-c6cc(-c7ccc(OCCCCCCCCCCCC)cc7)[o+]c(-c7ccc(OCCCCCCCCCCCC)cc7)c6)cc5)cc4)cc3)cc(-c3ccc(OCCCCCCCCCCCC)cc3)[o+]2)cc1. The molecule has 7 aromatic carbocycles. The van der Waals surface area contributed by atoms with E-state index in [0.717, 1.165) is 165 Å². The van der Waals surface area contributed by atoms with E-state index in [9.17, 15) is 0 Å². The van der Waals surface area contributed by atoms with Crippen LogP contribution in [0.4, 0.5) is 0 Å². The van der Waals surface area contributed by atoms with Crippen LogP contribution in [0.5, 0.6) is 23.0 Å². The Bertz CT molecular complexity index is 3490. The molecule has 0 unspecified atom stereocenters. The molecule has 2 aromatic heterocycles. The van der Waals surface area contributed by atoms with Gasteiger partial charge in [0, 0.05) is 11.1 Å². The summed E-state index contributed by atoms with van der Waals surface area (Å²) in [6.45, 7) is 12.1. The van der Waals surface area contributed by atoms with Crippen LogP contribution < -0.4 is 18.9 Å². The van der Waals surface area contributed by atoms with E-state index in [1.165, 1.54) is 231 Å². The molecule has 0 amide bonds. The number of ether oxygens (including phenoxy) is 4. The van der Waals surface area contributed by atoms with Gasteiger partial charge in [-0.1, -0.05) is 356 Å². The van der Waals surface area contributed by atoms with Crippen molar-refractivity contribution in [2.24, 2.45) is 0 Å². The van der Waals surface area contributed by atoms with Crippen molar-refractivity contribution in [1.82, 2.24) is 0 Å². The normalized spacial score (nSPS) is 11.5. The molecule has 0 bridgehead atoms. The molecule has 0 aliphatic carbocycles. The first-order valence-electron chi connectivity index (χ1n) is 44.0. The molecule has 6 nitrogen and oxygen atoms in total. The lowest BCUT2D eigenvalue weighted by atomic mass is 10.00. The third-order valence-corrected chi connectivity index (χ3v) is 21.6. The topological polar surface area (TPSA) is 59.5 Å². The highest BCUT2D eigenvalue weighted by Crippen LogP contribution is 2.38. The smallest absolute Gasteiger partial charge is 0.361 e. The summed E-state index contributed by atoms with van der Waals surface area (Å²) >= 11 is 0. The van der Waals surface area contributed by atoms with Gasteiger partial charge in [0.15, 0.2) is 0 Å². The van der Waals surface area contributed by atoms with E-state index in [1.807, 2.05) is 0 Å². The highest BCUT2D eigenvalue weighted by atomic mass is 16.5. The summed E-state index contributed by atoms with van der Waals surface area (Å²) in [4.78, 5) is 0. The van der Waals surface area contributed by atoms with E-state index >= 15 is 0 Å². The Labute approximate surface area is 666 Å². The lowest BCUT2D eigenvalue weighted by Gasteiger charge is -2.07. The lowest BCUT2D eigenvalue weighted by Crippen LogP contribution is -1.97. The maximum absolute atomic E-state index is 6.79. The molecule has 2 heterocycles. The van der Waals surface area contributed by atoms with Gasteiger partial charge >= 0.3 is 23.0 Å². The van der Waals surface area contributed by atoms with Gasteiger partial charge in [-0.2, -0.15) is 0 Å². The second kappa shape index (κ2) is 52.6. The Morgan fingerprint density at radius 2 is 0.345 bits per heavy atom. The molecule has 9 rings (SSSR count). The Morgan fingerprint density at radius 3 is 0.536 bits per heavy atom. The lowest BCUT2D eigenvalue weighted by molar-refractivity contribution is 0.304. The third kappa shape index (κ3) is 32.8. The summed E-state index contributed by atoms with van der Waals surface area (Å²) in [6, 6.07) is 68.7. The van der Waals surface area contributed by atoms with Crippen molar-refractivity contribution in [3.8, 4) is 90.5 Å². The first-order chi connectivity index (χ1) is 54.4. The van der Waals surface area contributed by atoms with E-state index in [0.29, 0.717) is 0 Å². The first-order valence-corrected chi connectivity index (χ1v) is 44.0. The van der Waals surface area contributed by atoms with Crippen molar-refractivity contribution >= 4 is 24.3 Å². The number of hydrogen-bond donors (Lipinski definition) is 0. The molecule has 0 saturated carbocycles. The van der Waals surface area contributed by atoms with Crippen LogP contribution in [0.3, 0.4) is 0 Å². The Kier molecular flexibility index (Phi) is 40.9. The minimum Gasteiger partial charge on any atom is -0.494 e. The van der Waals surface area contributed by atoms with Crippen molar-refractivity contribution in [2.45, 2.75) is 285 Å². The van der Waals surface area contributed by atoms with Gasteiger partial charge in [-0.3, -0.25) is 0 Å². The molecule has 0 aliphatic heterocycles. The molecular weight excluding hydrogens is 1350 g/mol. The molecule has 0 radical (unpaired) electrons. The third-order valence-electron chi connectivity index (χ3n) is 21.6. The van der Waals surface area contributed by atoms with E-state index in [2.05, 4.69) is 246 Å². The van der Waals surface area contributed by atoms with E-state index in [1.54, 1.807) is 0 Å². The first kappa shape index (κ1) is 85.5. The van der Waals surface area contributed by atoms with Gasteiger partial charge < -0.3 is 18.9 Å². The molecule has 0 atom stereocenters. The standard InChI is InChI=1S/C104H136O6/c1-5-9-13-17-21-25-29-33-37-41-77-105-97-69-61-91(62-70-97)101-81-95(82-102(109-101)92-63-71-98(72-64-92)106-78-42-38-34-30-26-22-18-14-10-6-2)89-57-53-87(54-58-89)51-49-85-45-47-86(48-46-85)50-52-88-55-59-90(60-56-88)96-83-103(93-65-73-99(74-66-93)107-79-43-39-35-31-27-23-19-15-11-7-3)110-104(84-96)94-67-75-100(76-68-94)108-80-44-40-36-32-28-24-20-16-12-8-4/h45-76,81-84H,5-44,77-80H2,1-4H3/q+2/b51-49+,52-50+. The Hall–Kier alpha value is -8.48. The monoisotopic (exact) mass is 1480 g/mol. The van der Waals surface area contributed by atoms with Gasteiger partial charge in [0.25, 0.3) is 0 Å². The second-order valence-corrected chi connectivity index (χ2v) is 30.9. The molecule has 586 valence electrons. The Balaban J connectivity index is 0.809. The number of unbranched alkanes of at least 4 members (excludes halogenated alkanes) is 36. The van der Waals surface area contributed by atoms with Crippen molar-refractivity contribution < 1.29 is 27.8 Å². The number of rotatable bonds is 58. The van der Waals surface area contributed by atoms with Crippen LogP contribution in [0.2, 0.25) is 0 Å². The van der Waals surface area contributed by atoms with Gasteiger partial charge in [0.2, 0.25) is 0 Å². The number of benzene rings is 7. The maximum atomic E-state index is 6.79. The zero-order valence-corrected chi connectivity index (χ0v) is 68.3. The quantitative estimate of drug-likeness (QED) is 0.0215. The molecular formula is C104H136O6+2. The summed E-state index contributed by atoms with van der Waals surface area (Å²) in [5, 5.41) is 0. The van der Waals surface area contributed by atoms with Crippen LogP contribution in [-0.4, -0.2) is 26.4 Å². The van der Waals surface area contributed by atoms with Gasteiger partial charge in [0.05, 0.1) is 72.9 Å². The van der Waals surface area contributed by atoms with Crippen molar-refractivity contribution in [3.63, 3.8) is 0 Å². The van der Waals surface area contributed by atoms with Gasteiger partial charge in [0.1, 0.15) is 23.0 Å². The van der Waals surface area contributed by atoms with Gasteiger partial charge in [-0.05, 0) is 156 Å². The van der Waals surface area contributed by atoms with E-state index < -0.39 is 0 Å². The molecule has 0 N–H and O–H groups in total. The van der Waals surface area contributed by atoms with Gasteiger partial charge in [-0.15, -0.1) is 0 Å². The van der Waals surface area contributed by atoms with Crippen molar-refractivity contribution in [2.75, 3.05) is 26.4 Å². The summed E-state index contributed by atoms with van der Waals surface area (Å²) in [5.74, 6) is 6.80. The maximum Gasteiger partial charge on any atom is 0.361 e. The molecule has 0 spiro atoms. The molecule has 110 heavy (non-hydrogen) atoms. The summed E-state index contributed by atoms with van der Waals surface area (Å²) < 4.78 is 38.6. The Morgan fingerprint density at radius 1 is 0.182 bits per heavy atom. The fraction of sp³-hybridized carbons (Fsp3) is 0.462. The average Bonchev–Trinajstić information content (AvgIpc) is 0.804. The molecule has 0 fully saturated rings. The van der Waals surface area contributed by atoms with Gasteiger partial charge in [-0.25, -0.2) is 8.83 Å². The highest BCUT2D eigenvalue weighted by molar-refractivity contribution is 5.79. The van der Waals surface area contributed by atoms with Crippen molar-refractivity contribution in [3.05, 3.63) is 216 Å². The molecule has 0 aliphatic rings. The molecule has 6 heteroatoms. The van der Waals surface area contributed by atoms with Crippen LogP contribution in [0.25, 0.3) is 91.9 Å². The van der Waals surface area contributed by atoms with Crippen molar-refractivity contribution in [1.29, 1.82) is 0 Å². The fourth-order valence-corrected chi connectivity index (χ4v) is 14.6. The predicted octanol–water partition coefficient (Wildman–Crippen LogP) is 33.0. The van der Waals surface area contributed by atoms with E-state index in [4.69, 9.17) is 27.8 Å². The second-order valence-electron chi connectivity index (χ2n) is 30.9. The minimum absolute atomic E-state index is 0.740. The fourth-order valence-electron chi connectivity index (χ4n) is 14.6. The van der Waals surface area contributed by atoms with Crippen LogP contribution in [0, 0.1) is 0 Å². The average molecular weight is 1480 g/mol. The predicted molar refractivity (Wildman–Crippen MR) is 473 cm³/mol. The minimum atomic E-state index is 0.740. The molecule has 0 saturated heterocycles. The molecule has 9 aromatic rings. The summed E-state index contributed by atoms with van der Waals surface area (Å²) in [6.07, 6.45) is 61.2. The largest absolute Gasteiger partial charge is 0.494 e. The van der Waals surface area contributed by atoms with Crippen LogP contribution >= 0.6 is 0 Å². The van der Waals surface area contributed by atoms with Crippen LogP contribution in [0.15, 0.2) is 203 Å². The summed E-state index contributed by atoms with van der Waals surface area (Å²) in [5.41, 5.74) is 13.0. The summed E-state index contributed by atoms with van der Waals surface area (Å²) in [7, 11) is 0. The van der Waals surface area contributed by atoms with E-state index in [-0.39, 0.29) is 0 Å². The zero-order valence-electron chi connectivity index (χ0n) is 68.3. The van der Waals surface area contributed by atoms with Crippen LogP contribution in [0.1, 0.15) is 307 Å². The zero-order chi connectivity index (χ0) is 76.4. The highest BCUT2D eigenvalue weighted by Gasteiger charge is 2.24. The number of hydrogen-bond acceptors (Lipinski definition) is 4.